The Morgan fingerprint density at radius 2 is 2.31 bits per heavy atom. The topological polar surface area (TPSA) is 21.8 Å². The molecule has 1 heterocycles. The third kappa shape index (κ3) is 1.68. The van der Waals surface area contributed by atoms with Gasteiger partial charge < -0.3 is 9.47 Å². The molecule has 1 atom stereocenters. The molecule has 0 amide bonds. The van der Waals surface area contributed by atoms with E-state index in [1.54, 1.807) is 7.11 Å². The Morgan fingerprint density at radius 3 is 2.85 bits per heavy atom. The van der Waals surface area contributed by atoms with E-state index in [-0.39, 0.29) is 6.10 Å². The van der Waals surface area contributed by atoms with E-state index >= 15 is 0 Å². The summed E-state index contributed by atoms with van der Waals surface area (Å²) in [7, 11) is 1.70. The van der Waals surface area contributed by atoms with Gasteiger partial charge in [0, 0.05) is 5.56 Å². The molecule has 13 heavy (non-hydrogen) atoms. The molecule has 0 radical (unpaired) electrons. The van der Waals surface area contributed by atoms with Gasteiger partial charge in [-0.05, 0) is 24.1 Å². The zero-order valence-electron chi connectivity index (χ0n) is 8.04. The molecule has 0 bridgehead atoms. The number of rotatable bonds is 3. The molecule has 2 heteroatoms. The zero-order valence-corrected chi connectivity index (χ0v) is 8.04. The van der Waals surface area contributed by atoms with Crippen LogP contribution < -0.4 is 4.74 Å². The van der Waals surface area contributed by atoms with Crippen LogP contribution in [0.3, 0.4) is 0 Å². The fourth-order valence-corrected chi connectivity index (χ4v) is 1.48. The predicted molar refractivity (Wildman–Crippen MR) is 51.1 cm³/mol. The highest BCUT2D eigenvalue weighted by Gasteiger charge is 2.28. The van der Waals surface area contributed by atoms with Crippen LogP contribution in [-0.4, -0.2) is 13.7 Å². The van der Waals surface area contributed by atoms with E-state index in [1.165, 1.54) is 11.1 Å². The fourth-order valence-electron chi connectivity index (χ4n) is 1.48. The summed E-state index contributed by atoms with van der Waals surface area (Å²) in [5.41, 5.74) is 2.54. The van der Waals surface area contributed by atoms with Crippen molar-refractivity contribution in [2.75, 3.05) is 13.7 Å². The third-order valence-electron chi connectivity index (χ3n) is 2.38. The van der Waals surface area contributed by atoms with Crippen molar-refractivity contribution in [1.82, 2.24) is 0 Å². The number of benzene rings is 1. The summed E-state index contributed by atoms with van der Waals surface area (Å²) in [4.78, 5) is 0. The van der Waals surface area contributed by atoms with Crippen molar-refractivity contribution in [3.8, 4) is 5.75 Å². The van der Waals surface area contributed by atoms with E-state index in [0.717, 1.165) is 18.8 Å². The number of methoxy groups -OCH3 is 1. The van der Waals surface area contributed by atoms with Gasteiger partial charge in [-0.1, -0.05) is 13.0 Å². The molecular formula is C11H14O2. The Balaban J connectivity index is 2.35. The summed E-state index contributed by atoms with van der Waals surface area (Å²) in [6.45, 7) is 2.99. The van der Waals surface area contributed by atoms with Gasteiger partial charge in [0.2, 0.25) is 0 Å². The molecule has 0 aromatic heterocycles. The summed E-state index contributed by atoms with van der Waals surface area (Å²) in [5.74, 6) is 0.944. The minimum absolute atomic E-state index is 0.279. The van der Waals surface area contributed by atoms with E-state index in [4.69, 9.17) is 9.47 Å². The largest absolute Gasteiger partial charge is 0.496 e. The number of hydrogen-bond donors (Lipinski definition) is 0. The lowest BCUT2D eigenvalue weighted by Gasteiger charge is -2.07. The van der Waals surface area contributed by atoms with E-state index in [1.807, 2.05) is 6.07 Å². The van der Waals surface area contributed by atoms with Crippen LogP contribution in [0.5, 0.6) is 5.75 Å². The van der Waals surface area contributed by atoms with Crippen LogP contribution >= 0.6 is 0 Å². The SMILES string of the molecule is CCc1ccc(OC)c(C2CO2)c1. The molecule has 1 unspecified atom stereocenters. The van der Waals surface area contributed by atoms with Gasteiger partial charge in [-0.3, -0.25) is 0 Å². The monoisotopic (exact) mass is 178 g/mol. The number of aryl methyl sites for hydroxylation is 1. The first-order valence-electron chi connectivity index (χ1n) is 4.63. The molecule has 1 aliphatic rings. The lowest BCUT2D eigenvalue weighted by atomic mass is 10.1. The highest BCUT2D eigenvalue weighted by molar-refractivity contribution is 5.40. The lowest BCUT2D eigenvalue weighted by molar-refractivity contribution is 0.383. The van der Waals surface area contributed by atoms with Crippen LogP contribution in [0.2, 0.25) is 0 Å². The maximum Gasteiger partial charge on any atom is 0.124 e. The Kier molecular flexibility index (Phi) is 2.23. The molecule has 0 saturated carbocycles. The van der Waals surface area contributed by atoms with Gasteiger partial charge in [0.05, 0.1) is 13.7 Å². The zero-order chi connectivity index (χ0) is 9.26. The molecule has 2 nitrogen and oxygen atoms in total. The second-order valence-electron chi connectivity index (χ2n) is 3.25. The first-order valence-corrected chi connectivity index (χ1v) is 4.63. The molecule has 1 fully saturated rings. The maximum absolute atomic E-state index is 5.27. The van der Waals surface area contributed by atoms with Gasteiger partial charge in [0.15, 0.2) is 0 Å². The van der Waals surface area contributed by atoms with E-state index in [2.05, 4.69) is 19.1 Å². The fraction of sp³-hybridized carbons (Fsp3) is 0.455. The van der Waals surface area contributed by atoms with Crippen LogP contribution in [0.25, 0.3) is 0 Å². The van der Waals surface area contributed by atoms with E-state index in [9.17, 15) is 0 Å². The second-order valence-corrected chi connectivity index (χ2v) is 3.25. The molecule has 2 rings (SSSR count). The average Bonchev–Trinajstić information content (AvgIpc) is 3.00. The highest BCUT2D eigenvalue weighted by Crippen LogP contribution is 2.36. The summed E-state index contributed by atoms with van der Waals surface area (Å²) in [5, 5.41) is 0. The first kappa shape index (κ1) is 8.57. The van der Waals surface area contributed by atoms with E-state index < -0.39 is 0 Å². The number of ether oxygens (including phenoxy) is 2. The quantitative estimate of drug-likeness (QED) is 0.662. The average molecular weight is 178 g/mol. The predicted octanol–water partition coefficient (Wildman–Crippen LogP) is 2.33. The van der Waals surface area contributed by atoms with E-state index in [0.29, 0.717) is 0 Å². The van der Waals surface area contributed by atoms with Crippen LogP contribution in [0.1, 0.15) is 24.2 Å². The van der Waals surface area contributed by atoms with Crippen molar-refractivity contribution >= 4 is 0 Å². The molecule has 1 saturated heterocycles. The van der Waals surface area contributed by atoms with Crippen molar-refractivity contribution in [3.05, 3.63) is 29.3 Å². The molecule has 70 valence electrons. The molecule has 1 aromatic carbocycles. The summed E-state index contributed by atoms with van der Waals surface area (Å²) in [6, 6.07) is 6.30. The van der Waals surface area contributed by atoms with Gasteiger partial charge in [0.25, 0.3) is 0 Å². The second kappa shape index (κ2) is 3.38. The third-order valence-corrected chi connectivity index (χ3v) is 2.38. The lowest BCUT2D eigenvalue weighted by Crippen LogP contribution is -1.92. The first-order chi connectivity index (χ1) is 6.35. The number of epoxide rings is 1. The molecule has 0 aliphatic carbocycles. The van der Waals surface area contributed by atoms with Gasteiger partial charge in [-0.2, -0.15) is 0 Å². The van der Waals surface area contributed by atoms with Crippen molar-refractivity contribution in [3.63, 3.8) is 0 Å². The molecular weight excluding hydrogens is 164 g/mol. The Labute approximate surface area is 78.5 Å². The van der Waals surface area contributed by atoms with Crippen molar-refractivity contribution in [2.45, 2.75) is 19.4 Å². The Morgan fingerprint density at radius 1 is 1.54 bits per heavy atom. The Hall–Kier alpha value is -1.02. The number of hydrogen-bond acceptors (Lipinski definition) is 2. The maximum atomic E-state index is 5.27. The molecule has 0 spiro atoms. The molecule has 0 N–H and O–H groups in total. The van der Waals surface area contributed by atoms with Gasteiger partial charge in [0.1, 0.15) is 11.9 Å². The minimum atomic E-state index is 0.279. The summed E-state index contributed by atoms with van der Waals surface area (Å²) in [6.07, 6.45) is 1.34. The summed E-state index contributed by atoms with van der Waals surface area (Å²) >= 11 is 0. The van der Waals surface area contributed by atoms with Crippen molar-refractivity contribution in [2.24, 2.45) is 0 Å². The van der Waals surface area contributed by atoms with Crippen LogP contribution in [0, 0.1) is 0 Å². The van der Waals surface area contributed by atoms with Crippen LogP contribution in [0.4, 0.5) is 0 Å². The van der Waals surface area contributed by atoms with Crippen LogP contribution in [0.15, 0.2) is 18.2 Å². The standard InChI is InChI=1S/C11H14O2/c1-3-8-4-5-10(12-2)9(6-8)11-7-13-11/h4-6,11H,3,7H2,1-2H3. The van der Waals surface area contributed by atoms with Crippen molar-refractivity contribution in [1.29, 1.82) is 0 Å². The molecule has 1 aromatic rings. The van der Waals surface area contributed by atoms with Gasteiger partial charge in [-0.15, -0.1) is 0 Å². The molecule has 1 aliphatic heterocycles. The van der Waals surface area contributed by atoms with Crippen LogP contribution in [-0.2, 0) is 11.2 Å². The van der Waals surface area contributed by atoms with Gasteiger partial charge in [-0.25, -0.2) is 0 Å². The van der Waals surface area contributed by atoms with Crippen molar-refractivity contribution < 1.29 is 9.47 Å². The smallest absolute Gasteiger partial charge is 0.124 e. The summed E-state index contributed by atoms with van der Waals surface area (Å²) < 4.78 is 10.5. The Bertz CT molecular complexity index is 303. The highest BCUT2D eigenvalue weighted by atomic mass is 16.6. The normalized spacial score (nSPS) is 20.0. The van der Waals surface area contributed by atoms with Gasteiger partial charge >= 0.3 is 0 Å². The minimum Gasteiger partial charge on any atom is -0.496 e.